The molecule has 6 heteroatoms. The smallest absolute Gasteiger partial charge is 0.258 e. The molecule has 0 bridgehead atoms. The molecule has 0 radical (unpaired) electrons. The Hall–Kier alpha value is -1.98. The Balaban J connectivity index is 2.76. The minimum Gasteiger partial charge on any atom is -0.452 e. The Labute approximate surface area is 104 Å². The summed E-state index contributed by atoms with van der Waals surface area (Å²) in [6.45, 7) is 0.553. The van der Waals surface area contributed by atoms with Gasteiger partial charge in [0.25, 0.3) is 5.91 Å². The summed E-state index contributed by atoms with van der Waals surface area (Å²) in [6.07, 6.45) is 1.75. The second-order valence-electron chi connectivity index (χ2n) is 3.22. The van der Waals surface area contributed by atoms with Gasteiger partial charge < -0.3 is 9.32 Å². The number of amides is 1. The number of hydrogen-bond acceptors (Lipinski definition) is 4. The topological polar surface area (TPSA) is 81.0 Å². The van der Waals surface area contributed by atoms with E-state index in [0.717, 1.165) is 0 Å². The minimum atomic E-state index is -0.325. The highest BCUT2D eigenvalue weighted by Crippen LogP contribution is 2.18. The van der Waals surface area contributed by atoms with Gasteiger partial charge in [0.2, 0.25) is 5.22 Å². The van der Waals surface area contributed by atoms with Gasteiger partial charge in [-0.3, -0.25) is 4.79 Å². The summed E-state index contributed by atoms with van der Waals surface area (Å²) in [4.78, 5) is 13.4. The third-order valence-electron chi connectivity index (χ3n) is 2.12. The van der Waals surface area contributed by atoms with Gasteiger partial charge in [-0.25, -0.2) is 0 Å². The van der Waals surface area contributed by atoms with Gasteiger partial charge in [0.15, 0.2) is 0 Å². The van der Waals surface area contributed by atoms with Crippen LogP contribution >= 0.6 is 11.6 Å². The van der Waals surface area contributed by atoms with Crippen molar-refractivity contribution in [2.75, 3.05) is 13.1 Å². The fourth-order valence-corrected chi connectivity index (χ4v) is 1.50. The lowest BCUT2D eigenvalue weighted by Gasteiger charge is -2.19. The molecular weight excluding hydrogens is 242 g/mol. The van der Waals surface area contributed by atoms with Crippen LogP contribution in [0.25, 0.3) is 0 Å². The summed E-state index contributed by atoms with van der Waals surface area (Å²) in [6, 6.07) is 5.38. The van der Waals surface area contributed by atoms with E-state index < -0.39 is 0 Å². The number of rotatable bonds is 5. The van der Waals surface area contributed by atoms with Crippen molar-refractivity contribution in [1.82, 2.24) is 4.90 Å². The Morgan fingerprint density at radius 2 is 1.94 bits per heavy atom. The van der Waals surface area contributed by atoms with E-state index >= 15 is 0 Å². The fraction of sp³-hybridized carbons (Fsp3) is 0.364. The number of carbonyl (C=O) groups excluding carboxylic acids is 1. The van der Waals surface area contributed by atoms with Crippen LogP contribution in [-0.4, -0.2) is 23.9 Å². The minimum absolute atomic E-state index is 0.0221. The quantitative estimate of drug-likeness (QED) is 0.803. The first kappa shape index (κ1) is 13.1. The highest BCUT2D eigenvalue weighted by molar-refractivity contribution is 6.32. The number of furan rings is 1. The SMILES string of the molecule is N#CCCN(CCC#N)C(=O)c1ccoc1Cl. The van der Waals surface area contributed by atoms with Crippen LogP contribution in [0.1, 0.15) is 23.2 Å². The molecule has 0 aliphatic rings. The van der Waals surface area contributed by atoms with Crippen molar-refractivity contribution >= 4 is 17.5 Å². The maximum atomic E-state index is 12.0. The molecule has 0 fully saturated rings. The molecule has 0 aliphatic carbocycles. The monoisotopic (exact) mass is 251 g/mol. The molecule has 88 valence electrons. The first-order chi connectivity index (χ1) is 8.20. The lowest BCUT2D eigenvalue weighted by atomic mass is 10.2. The highest BCUT2D eigenvalue weighted by atomic mass is 35.5. The molecule has 5 nitrogen and oxygen atoms in total. The van der Waals surface area contributed by atoms with Gasteiger partial charge >= 0.3 is 0 Å². The average molecular weight is 252 g/mol. The van der Waals surface area contributed by atoms with E-state index in [9.17, 15) is 4.79 Å². The number of carbonyl (C=O) groups is 1. The molecule has 1 heterocycles. The molecule has 1 aromatic heterocycles. The van der Waals surface area contributed by atoms with Crippen LogP contribution in [-0.2, 0) is 0 Å². The van der Waals surface area contributed by atoms with Crippen molar-refractivity contribution in [3.05, 3.63) is 23.1 Å². The van der Waals surface area contributed by atoms with E-state index in [1.807, 2.05) is 12.1 Å². The molecule has 1 rings (SSSR count). The summed E-state index contributed by atoms with van der Waals surface area (Å²) in [5, 5.41) is 17.0. The van der Waals surface area contributed by atoms with Gasteiger partial charge in [0.1, 0.15) is 0 Å². The van der Waals surface area contributed by atoms with Crippen molar-refractivity contribution in [2.45, 2.75) is 12.8 Å². The first-order valence-electron chi connectivity index (χ1n) is 4.97. The van der Waals surface area contributed by atoms with Crippen LogP contribution in [0.5, 0.6) is 0 Å². The second-order valence-corrected chi connectivity index (χ2v) is 3.56. The van der Waals surface area contributed by atoms with Crippen molar-refractivity contribution in [3.63, 3.8) is 0 Å². The van der Waals surface area contributed by atoms with E-state index in [4.69, 9.17) is 26.5 Å². The van der Waals surface area contributed by atoms with Crippen LogP contribution in [0, 0.1) is 22.7 Å². The van der Waals surface area contributed by atoms with Crippen LogP contribution in [0.2, 0.25) is 5.22 Å². The average Bonchev–Trinajstić information content (AvgIpc) is 2.75. The van der Waals surface area contributed by atoms with Crippen molar-refractivity contribution in [3.8, 4) is 12.1 Å². The predicted molar refractivity (Wildman–Crippen MR) is 60.1 cm³/mol. The molecule has 0 N–H and O–H groups in total. The van der Waals surface area contributed by atoms with Gasteiger partial charge in [-0.1, -0.05) is 0 Å². The molecule has 0 aromatic carbocycles. The maximum absolute atomic E-state index is 12.0. The fourth-order valence-electron chi connectivity index (χ4n) is 1.30. The predicted octanol–water partition coefficient (Wildman–Crippen LogP) is 2.20. The lowest BCUT2D eigenvalue weighted by molar-refractivity contribution is 0.0762. The zero-order valence-electron chi connectivity index (χ0n) is 9.02. The van der Waals surface area contributed by atoms with E-state index in [2.05, 4.69) is 0 Å². The van der Waals surface area contributed by atoms with E-state index in [0.29, 0.717) is 0 Å². The summed E-state index contributed by atoms with van der Waals surface area (Å²) in [5.41, 5.74) is 0.252. The van der Waals surface area contributed by atoms with Gasteiger partial charge in [-0.05, 0) is 17.7 Å². The molecule has 0 aliphatic heterocycles. The van der Waals surface area contributed by atoms with Crippen LogP contribution in [0.3, 0.4) is 0 Å². The van der Waals surface area contributed by atoms with E-state index in [1.54, 1.807) is 0 Å². The number of nitriles is 2. The summed E-state index contributed by atoms with van der Waals surface area (Å²) in [7, 11) is 0. The molecule has 0 saturated carbocycles. The molecule has 1 amide bonds. The zero-order chi connectivity index (χ0) is 12.7. The molecule has 0 atom stereocenters. The Kier molecular flexibility index (Phi) is 5.06. The normalized spacial score (nSPS) is 9.35. The number of halogens is 1. The van der Waals surface area contributed by atoms with Gasteiger partial charge in [-0.2, -0.15) is 10.5 Å². The molecular formula is C11H10ClN3O2. The summed E-state index contributed by atoms with van der Waals surface area (Å²) in [5.74, 6) is -0.325. The second kappa shape index (κ2) is 6.57. The van der Waals surface area contributed by atoms with Crippen LogP contribution < -0.4 is 0 Å². The Morgan fingerprint density at radius 1 is 1.35 bits per heavy atom. The Bertz CT molecular complexity index is 452. The third kappa shape index (κ3) is 3.51. The number of hydrogen-bond donors (Lipinski definition) is 0. The van der Waals surface area contributed by atoms with Crippen molar-refractivity contribution < 1.29 is 9.21 Å². The van der Waals surface area contributed by atoms with Gasteiger partial charge in [0.05, 0.1) is 36.8 Å². The lowest BCUT2D eigenvalue weighted by Crippen LogP contribution is -2.32. The largest absolute Gasteiger partial charge is 0.452 e. The maximum Gasteiger partial charge on any atom is 0.258 e. The Morgan fingerprint density at radius 3 is 2.35 bits per heavy atom. The number of nitrogens with zero attached hydrogens (tertiary/aromatic N) is 3. The summed E-state index contributed by atoms with van der Waals surface area (Å²) >= 11 is 5.70. The molecule has 17 heavy (non-hydrogen) atoms. The van der Waals surface area contributed by atoms with Gasteiger partial charge in [0, 0.05) is 13.1 Å². The first-order valence-corrected chi connectivity index (χ1v) is 5.34. The highest BCUT2D eigenvalue weighted by Gasteiger charge is 2.19. The van der Waals surface area contributed by atoms with Crippen molar-refractivity contribution in [2.24, 2.45) is 0 Å². The molecule has 0 unspecified atom stereocenters. The standard InChI is InChI=1S/C11H10ClN3O2/c12-10-9(3-8-17-10)11(16)15(6-1-4-13)7-2-5-14/h3,8H,1-2,6-7H2. The van der Waals surface area contributed by atoms with E-state index in [1.165, 1.54) is 17.2 Å². The third-order valence-corrected chi connectivity index (χ3v) is 2.42. The zero-order valence-corrected chi connectivity index (χ0v) is 9.78. The molecule has 1 aromatic rings. The van der Waals surface area contributed by atoms with Crippen molar-refractivity contribution in [1.29, 1.82) is 10.5 Å². The van der Waals surface area contributed by atoms with Crippen LogP contribution in [0.15, 0.2) is 16.7 Å². The van der Waals surface area contributed by atoms with E-state index in [-0.39, 0.29) is 42.6 Å². The molecule has 0 saturated heterocycles. The molecule has 0 spiro atoms. The van der Waals surface area contributed by atoms with Gasteiger partial charge in [-0.15, -0.1) is 0 Å². The van der Waals surface area contributed by atoms with Crippen LogP contribution in [0.4, 0.5) is 0 Å². The summed E-state index contributed by atoms with van der Waals surface area (Å²) < 4.78 is 4.83.